The highest BCUT2D eigenvalue weighted by Crippen LogP contribution is 2.46. The third kappa shape index (κ3) is 3.76. The van der Waals surface area contributed by atoms with E-state index >= 15 is 0 Å². The quantitative estimate of drug-likeness (QED) is 0.544. The van der Waals surface area contributed by atoms with Crippen LogP contribution in [0.2, 0.25) is 0 Å². The lowest BCUT2D eigenvalue weighted by Crippen LogP contribution is -2.48. The van der Waals surface area contributed by atoms with Gasteiger partial charge in [-0.3, -0.25) is 14.6 Å². The fourth-order valence-electron chi connectivity index (χ4n) is 4.51. The summed E-state index contributed by atoms with van der Waals surface area (Å²) in [4.78, 5) is 43.4. The van der Waals surface area contributed by atoms with Crippen molar-refractivity contribution in [3.8, 4) is 5.75 Å². The molecule has 0 spiro atoms. The summed E-state index contributed by atoms with van der Waals surface area (Å²) < 4.78 is 15.5. The summed E-state index contributed by atoms with van der Waals surface area (Å²) >= 11 is 0. The minimum Gasteiger partial charge on any atom is -0.497 e. The Morgan fingerprint density at radius 3 is 2.57 bits per heavy atom. The zero-order valence-electron chi connectivity index (χ0n) is 17.9. The monoisotopic (exact) mass is 413 g/mol. The molecule has 1 aliphatic heterocycles. The number of aliphatic imine (C=N–C) groups is 1. The highest BCUT2D eigenvalue weighted by Gasteiger charge is 2.51. The number of benzene rings is 1. The first-order chi connectivity index (χ1) is 14.3. The molecule has 30 heavy (non-hydrogen) atoms. The van der Waals surface area contributed by atoms with Crippen LogP contribution in [0, 0.1) is 17.8 Å². The van der Waals surface area contributed by atoms with Gasteiger partial charge in [0.15, 0.2) is 5.78 Å². The van der Waals surface area contributed by atoms with Crippen LogP contribution in [0.5, 0.6) is 5.75 Å². The average molecular weight is 413 g/mol. The summed E-state index contributed by atoms with van der Waals surface area (Å²) in [7, 11) is 2.83. The van der Waals surface area contributed by atoms with E-state index < -0.39 is 29.7 Å². The Morgan fingerprint density at radius 2 is 1.93 bits per heavy atom. The van der Waals surface area contributed by atoms with Gasteiger partial charge >= 0.3 is 11.9 Å². The minimum atomic E-state index is -0.895. The van der Waals surface area contributed by atoms with E-state index in [2.05, 4.69) is 4.99 Å². The Labute approximate surface area is 176 Å². The molecule has 1 heterocycles. The van der Waals surface area contributed by atoms with Gasteiger partial charge in [-0.1, -0.05) is 19.1 Å². The Morgan fingerprint density at radius 1 is 1.20 bits per heavy atom. The highest BCUT2D eigenvalue weighted by molar-refractivity contribution is 6.17. The fraction of sp³-hybridized carbons (Fsp3) is 0.478. The van der Waals surface area contributed by atoms with Crippen LogP contribution in [0.15, 0.2) is 40.5 Å². The molecule has 7 heteroatoms. The maximum atomic E-state index is 13.6. The van der Waals surface area contributed by atoms with Gasteiger partial charge in [-0.15, -0.1) is 0 Å². The summed E-state index contributed by atoms with van der Waals surface area (Å²) in [6, 6.07) is 7.26. The maximum absolute atomic E-state index is 13.6. The molecule has 4 atom stereocenters. The predicted octanol–water partition coefficient (Wildman–Crippen LogP) is 3.08. The smallest absolute Gasteiger partial charge is 0.336 e. The lowest BCUT2D eigenvalue weighted by Gasteiger charge is -2.40. The molecular formula is C23H27NO6. The lowest BCUT2D eigenvalue weighted by molar-refractivity contribution is -0.152. The number of fused-ring (bicyclic) bond motifs is 1. The van der Waals surface area contributed by atoms with E-state index in [0.29, 0.717) is 29.2 Å². The van der Waals surface area contributed by atoms with Gasteiger partial charge in [-0.05, 0) is 43.9 Å². The van der Waals surface area contributed by atoms with Gasteiger partial charge in [-0.2, -0.15) is 0 Å². The Balaban J connectivity index is 2.19. The van der Waals surface area contributed by atoms with Gasteiger partial charge in [0.2, 0.25) is 0 Å². The first kappa shape index (κ1) is 21.7. The van der Waals surface area contributed by atoms with Gasteiger partial charge in [0, 0.05) is 17.3 Å². The molecule has 0 amide bonds. The van der Waals surface area contributed by atoms with Crippen molar-refractivity contribution in [1.29, 1.82) is 0 Å². The molecule has 3 rings (SSSR count). The van der Waals surface area contributed by atoms with E-state index in [-0.39, 0.29) is 18.3 Å². The number of nitrogens with zero attached hydrogens (tertiary/aromatic N) is 1. The Hall–Kier alpha value is -2.96. The zero-order valence-corrected chi connectivity index (χ0v) is 17.9. The Kier molecular flexibility index (Phi) is 6.39. The van der Waals surface area contributed by atoms with Crippen LogP contribution in [0.4, 0.5) is 0 Å². The number of rotatable bonds is 5. The van der Waals surface area contributed by atoms with Crippen molar-refractivity contribution in [1.82, 2.24) is 0 Å². The van der Waals surface area contributed by atoms with Crippen LogP contribution in [0.3, 0.4) is 0 Å². The molecule has 0 saturated heterocycles. The minimum absolute atomic E-state index is 0.206. The number of carbonyl (C=O) groups excluding carboxylic acids is 3. The summed E-state index contributed by atoms with van der Waals surface area (Å²) in [5, 5.41) is 0. The molecule has 7 nitrogen and oxygen atoms in total. The molecule has 0 aromatic heterocycles. The van der Waals surface area contributed by atoms with Gasteiger partial charge in [-0.25, -0.2) is 4.79 Å². The van der Waals surface area contributed by atoms with Gasteiger partial charge < -0.3 is 14.2 Å². The fourth-order valence-corrected chi connectivity index (χ4v) is 4.51. The molecule has 1 aliphatic carbocycles. The standard InChI is InChI=1S/C23H27NO6/c1-6-30-23(27)18-13(3)24-16-10-12(2)17(22(26)29-5)21(25)20(16)19(18)14-8-7-9-15(11-14)28-4/h7-9,11-12,17,19-20H,6,10H2,1-5H3/t12-,17-,19-,20+/m1/s1. The van der Waals surface area contributed by atoms with Gasteiger partial charge in [0.1, 0.15) is 11.7 Å². The molecule has 0 radical (unpaired) electrons. The number of ketones is 1. The lowest BCUT2D eigenvalue weighted by atomic mass is 9.63. The summed E-state index contributed by atoms with van der Waals surface area (Å²) in [6.45, 7) is 5.53. The predicted molar refractivity (Wildman–Crippen MR) is 110 cm³/mol. The van der Waals surface area contributed by atoms with Crippen molar-refractivity contribution >= 4 is 23.4 Å². The Bertz CT molecular complexity index is 931. The number of allylic oxidation sites excluding steroid dienone is 1. The number of esters is 2. The van der Waals surface area contributed by atoms with Gasteiger partial charge in [0.25, 0.3) is 0 Å². The largest absolute Gasteiger partial charge is 0.497 e. The van der Waals surface area contributed by atoms with Gasteiger partial charge in [0.05, 0.1) is 32.3 Å². The van der Waals surface area contributed by atoms with E-state index in [1.165, 1.54) is 7.11 Å². The third-order valence-electron chi connectivity index (χ3n) is 5.82. The van der Waals surface area contributed by atoms with E-state index in [4.69, 9.17) is 14.2 Å². The SMILES string of the molecule is CCOC(=O)C1=C(C)N=C2C[C@@H](C)[C@@H](C(=O)OC)C(=O)[C@@H]2[C@@H]1c1cccc(OC)c1. The molecular weight excluding hydrogens is 386 g/mol. The molecule has 160 valence electrons. The summed E-state index contributed by atoms with van der Waals surface area (Å²) in [5.74, 6) is -3.21. The van der Waals surface area contributed by atoms with Crippen LogP contribution in [-0.2, 0) is 23.9 Å². The first-order valence-corrected chi connectivity index (χ1v) is 10.0. The average Bonchev–Trinajstić information content (AvgIpc) is 2.72. The van der Waals surface area contributed by atoms with Crippen molar-refractivity contribution < 1.29 is 28.6 Å². The van der Waals surface area contributed by atoms with E-state index in [9.17, 15) is 14.4 Å². The van der Waals surface area contributed by atoms with Crippen LogP contribution in [0.1, 0.15) is 38.7 Å². The number of hydrogen-bond donors (Lipinski definition) is 0. The van der Waals surface area contributed by atoms with Crippen molar-refractivity contribution in [3.63, 3.8) is 0 Å². The molecule has 0 N–H and O–H groups in total. The summed E-state index contributed by atoms with van der Waals surface area (Å²) in [6.07, 6.45) is 0.476. The molecule has 2 aliphatic rings. The topological polar surface area (TPSA) is 91.3 Å². The number of ether oxygens (including phenoxy) is 3. The highest BCUT2D eigenvalue weighted by atomic mass is 16.5. The molecule has 0 bridgehead atoms. The van der Waals surface area contributed by atoms with Crippen LogP contribution < -0.4 is 4.74 Å². The maximum Gasteiger partial charge on any atom is 0.336 e. The normalized spacial score (nSPS) is 25.9. The van der Waals surface area contributed by atoms with Crippen molar-refractivity contribution in [3.05, 3.63) is 41.1 Å². The third-order valence-corrected chi connectivity index (χ3v) is 5.82. The van der Waals surface area contributed by atoms with Crippen LogP contribution >= 0.6 is 0 Å². The molecule has 1 fully saturated rings. The molecule has 1 aromatic carbocycles. The number of methoxy groups -OCH3 is 2. The van der Waals surface area contributed by atoms with Crippen LogP contribution in [0.25, 0.3) is 0 Å². The van der Waals surface area contributed by atoms with E-state index in [1.54, 1.807) is 33.1 Å². The number of carbonyl (C=O) groups is 3. The molecule has 1 aromatic rings. The second kappa shape index (κ2) is 8.81. The van der Waals surface area contributed by atoms with E-state index in [1.807, 2.05) is 19.1 Å². The van der Waals surface area contributed by atoms with Crippen molar-refractivity contribution in [2.75, 3.05) is 20.8 Å². The number of hydrogen-bond acceptors (Lipinski definition) is 7. The van der Waals surface area contributed by atoms with Crippen molar-refractivity contribution in [2.45, 2.75) is 33.1 Å². The number of Topliss-reactive ketones (excluding diaryl/α,β-unsaturated/α-hetero) is 1. The molecule has 0 unspecified atom stereocenters. The second-order valence-electron chi connectivity index (χ2n) is 7.64. The second-order valence-corrected chi connectivity index (χ2v) is 7.64. The van der Waals surface area contributed by atoms with Crippen molar-refractivity contribution in [2.24, 2.45) is 22.7 Å². The van der Waals surface area contributed by atoms with Crippen LogP contribution in [-0.4, -0.2) is 44.3 Å². The first-order valence-electron chi connectivity index (χ1n) is 10.0. The van der Waals surface area contributed by atoms with E-state index in [0.717, 1.165) is 5.56 Å². The molecule has 1 saturated carbocycles. The zero-order chi connectivity index (χ0) is 22.0. The summed E-state index contributed by atoms with van der Waals surface area (Å²) in [5.41, 5.74) is 2.29.